The maximum Gasteiger partial charge on any atom is 0.141 e. The fourth-order valence-corrected chi connectivity index (χ4v) is 1.04. The molecule has 0 unspecified atom stereocenters. The third-order valence-corrected chi connectivity index (χ3v) is 1.62. The first kappa shape index (κ1) is 10.3. The van der Waals surface area contributed by atoms with Gasteiger partial charge in [0.15, 0.2) is 0 Å². The van der Waals surface area contributed by atoms with Gasteiger partial charge in [-0.05, 0) is 32.9 Å². The number of halogens is 2. The zero-order valence-corrected chi connectivity index (χ0v) is 8.65. The van der Waals surface area contributed by atoms with Crippen LogP contribution in [-0.2, 0) is 0 Å². The molecule has 0 amide bonds. The molecule has 0 bridgehead atoms. The summed E-state index contributed by atoms with van der Waals surface area (Å²) in [5.74, 6) is 0.0396. The molecule has 0 saturated heterocycles. The van der Waals surface area contributed by atoms with Gasteiger partial charge in [-0.3, -0.25) is 0 Å². The van der Waals surface area contributed by atoms with E-state index in [0.29, 0.717) is 10.8 Å². The Labute approximate surface area is 82.5 Å². The molecule has 1 aromatic rings. The molecule has 0 fully saturated rings. The van der Waals surface area contributed by atoms with Gasteiger partial charge in [0, 0.05) is 6.07 Å². The molecule has 1 nitrogen and oxygen atoms in total. The highest BCUT2D eigenvalue weighted by molar-refractivity contribution is 6.32. The fraction of sp³-hybridized carbons (Fsp3) is 0.400. The third-order valence-electron chi connectivity index (χ3n) is 1.31. The third kappa shape index (κ3) is 3.23. The molecule has 1 rings (SSSR count). The predicted octanol–water partition coefficient (Wildman–Crippen LogP) is 3.66. The van der Waals surface area contributed by atoms with Gasteiger partial charge in [0.1, 0.15) is 17.2 Å². The van der Waals surface area contributed by atoms with Gasteiger partial charge >= 0.3 is 0 Å². The van der Waals surface area contributed by atoms with Crippen molar-refractivity contribution in [3.05, 3.63) is 29.0 Å². The Balaban J connectivity index is 2.94. The summed E-state index contributed by atoms with van der Waals surface area (Å²) in [6.07, 6.45) is 0. The molecule has 0 aliphatic rings. The van der Waals surface area contributed by atoms with E-state index < -0.39 is 0 Å². The maximum absolute atomic E-state index is 12.8. The number of rotatable bonds is 1. The van der Waals surface area contributed by atoms with Crippen LogP contribution in [0.4, 0.5) is 4.39 Å². The summed E-state index contributed by atoms with van der Waals surface area (Å²) in [6, 6.07) is 4.07. The molecule has 13 heavy (non-hydrogen) atoms. The molecule has 72 valence electrons. The normalized spacial score (nSPS) is 11.5. The highest BCUT2D eigenvalue weighted by atomic mass is 35.5. The molecule has 0 radical (unpaired) electrons. The lowest BCUT2D eigenvalue weighted by Gasteiger charge is -2.21. The van der Waals surface area contributed by atoms with Crippen LogP contribution in [0.1, 0.15) is 20.8 Å². The highest BCUT2D eigenvalue weighted by Gasteiger charge is 2.14. The zero-order chi connectivity index (χ0) is 10.1. The van der Waals surface area contributed by atoms with E-state index in [1.807, 2.05) is 20.8 Å². The molecule has 0 aromatic heterocycles. The summed E-state index contributed by atoms with van der Waals surface area (Å²) < 4.78 is 18.2. The first-order valence-electron chi connectivity index (χ1n) is 4.02. The highest BCUT2D eigenvalue weighted by Crippen LogP contribution is 2.28. The van der Waals surface area contributed by atoms with Gasteiger partial charge < -0.3 is 4.74 Å². The minimum absolute atomic E-state index is 0.344. The number of benzene rings is 1. The van der Waals surface area contributed by atoms with Crippen molar-refractivity contribution in [2.75, 3.05) is 0 Å². The lowest BCUT2D eigenvalue weighted by molar-refractivity contribution is 0.130. The molecule has 0 aliphatic heterocycles. The largest absolute Gasteiger partial charge is 0.486 e. The van der Waals surface area contributed by atoms with Crippen LogP contribution in [0.15, 0.2) is 18.2 Å². The molecule has 1 aromatic carbocycles. The summed E-state index contributed by atoms with van der Waals surface area (Å²) in [4.78, 5) is 0. The Morgan fingerprint density at radius 2 is 1.92 bits per heavy atom. The van der Waals surface area contributed by atoms with Crippen molar-refractivity contribution in [1.82, 2.24) is 0 Å². The molecule has 0 heterocycles. The average Bonchev–Trinajstić information content (AvgIpc) is 1.94. The van der Waals surface area contributed by atoms with E-state index in [1.54, 1.807) is 0 Å². The van der Waals surface area contributed by atoms with Crippen LogP contribution in [0.3, 0.4) is 0 Å². The number of hydrogen-bond donors (Lipinski definition) is 0. The van der Waals surface area contributed by atoms with Crippen molar-refractivity contribution in [1.29, 1.82) is 0 Å². The van der Waals surface area contributed by atoms with Crippen LogP contribution >= 0.6 is 11.6 Å². The second kappa shape index (κ2) is 3.54. The first-order chi connectivity index (χ1) is 5.88. The Hall–Kier alpha value is -0.760. The quantitative estimate of drug-likeness (QED) is 0.676. The van der Waals surface area contributed by atoms with E-state index in [0.717, 1.165) is 0 Å². The van der Waals surface area contributed by atoms with Crippen LogP contribution < -0.4 is 4.74 Å². The molecule has 0 aliphatic carbocycles. The van der Waals surface area contributed by atoms with Crippen LogP contribution in [0.2, 0.25) is 5.02 Å². The van der Waals surface area contributed by atoms with Gasteiger partial charge in [-0.2, -0.15) is 0 Å². The summed E-state index contributed by atoms with van der Waals surface area (Å²) in [6.45, 7) is 5.65. The van der Waals surface area contributed by atoms with Gasteiger partial charge in [0.25, 0.3) is 0 Å². The van der Waals surface area contributed by atoms with E-state index in [9.17, 15) is 4.39 Å². The summed E-state index contributed by atoms with van der Waals surface area (Å²) in [5, 5.41) is 0.427. The van der Waals surface area contributed by atoms with E-state index in [4.69, 9.17) is 16.3 Å². The molecular formula is C10H12ClFO. The standard InChI is InChI=1S/C10H12ClFO/c1-10(2,3)13-9-6-7(12)4-5-8(9)11/h4-6H,1-3H3. The van der Waals surface area contributed by atoms with E-state index in [1.165, 1.54) is 18.2 Å². The Morgan fingerprint density at radius 1 is 1.31 bits per heavy atom. The molecule has 3 heteroatoms. The fourth-order valence-electron chi connectivity index (χ4n) is 0.885. The predicted molar refractivity (Wildman–Crippen MR) is 51.8 cm³/mol. The topological polar surface area (TPSA) is 9.23 Å². The molecule has 0 spiro atoms. The molecule has 0 saturated carbocycles. The van der Waals surface area contributed by atoms with E-state index in [-0.39, 0.29) is 11.4 Å². The van der Waals surface area contributed by atoms with Crippen LogP contribution in [0, 0.1) is 5.82 Å². The minimum Gasteiger partial charge on any atom is -0.486 e. The smallest absolute Gasteiger partial charge is 0.141 e. The summed E-state index contributed by atoms with van der Waals surface area (Å²) >= 11 is 5.81. The molecule has 0 N–H and O–H groups in total. The SMILES string of the molecule is CC(C)(C)Oc1cc(F)ccc1Cl. The number of ether oxygens (including phenoxy) is 1. The second-order valence-corrected chi connectivity index (χ2v) is 4.20. The van der Waals surface area contributed by atoms with Crippen LogP contribution in [-0.4, -0.2) is 5.60 Å². The Kier molecular flexibility index (Phi) is 2.81. The molecular weight excluding hydrogens is 191 g/mol. The summed E-state index contributed by atoms with van der Waals surface area (Å²) in [7, 11) is 0. The maximum atomic E-state index is 12.8. The monoisotopic (exact) mass is 202 g/mol. The minimum atomic E-state index is -0.364. The van der Waals surface area contributed by atoms with Gasteiger partial charge in [-0.1, -0.05) is 11.6 Å². The van der Waals surface area contributed by atoms with E-state index in [2.05, 4.69) is 0 Å². The van der Waals surface area contributed by atoms with Crippen molar-refractivity contribution in [3.63, 3.8) is 0 Å². The van der Waals surface area contributed by atoms with Crippen molar-refractivity contribution in [2.45, 2.75) is 26.4 Å². The molecule has 0 atom stereocenters. The zero-order valence-electron chi connectivity index (χ0n) is 7.90. The lowest BCUT2D eigenvalue weighted by atomic mass is 10.2. The van der Waals surface area contributed by atoms with Gasteiger partial charge in [0.2, 0.25) is 0 Å². The van der Waals surface area contributed by atoms with Crippen molar-refractivity contribution >= 4 is 11.6 Å². The van der Waals surface area contributed by atoms with Gasteiger partial charge in [-0.15, -0.1) is 0 Å². The van der Waals surface area contributed by atoms with Crippen molar-refractivity contribution < 1.29 is 9.13 Å². The lowest BCUT2D eigenvalue weighted by Crippen LogP contribution is -2.23. The second-order valence-electron chi connectivity index (χ2n) is 3.79. The Bertz CT molecular complexity index is 304. The Morgan fingerprint density at radius 3 is 2.46 bits per heavy atom. The van der Waals surface area contributed by atoms with Gasteiger partial charge in [-0.25, -0.2) is 4.39 Å². The number of hydrogen-bond acceptors (Lipinski definition) is 1. The van der Waals surface area contributed by atoms with Gasteiger partial charge in [0.05, 0.1) is 5.02 Å². The summed E-state index contributed by atoms with van der Waals surface area (Å²) in [5.41, 5.74) is -0.364. The average molecular weight is 203 g/mol. The van der Waals surface area contributed by atoms with E-state index >= 15 is 0 Å². The first-order valence-corrected chi connectivity index (χ1v) is 4.40. The van der Waals surface area contributed by atoms with Crippen molar-refractivity contribution in [3.8, 4) is 5.75 Å². The van der Waals surface area contributed by atoms with Crippen molar-refractivity contribution in [2.24, 2.45) is 0 Å². The van der Waals surface area contributed by atoms with Crippen LogP contribution in [0.25, 0.3) is 0 Å². The van der Waals surface area contributed by atoms with Crippen LogP contribution in [0.5, 0.6) is 5.75 Å².